The van der Waals surface area contributed by atoms with Gasteiger partial charge in [0.25, 0.3) is 0 Å². The second-order valence-corrected chi connectivity index (χ2v) is 23.6. The maximum Gasteiger partial charge on any atom is 0.0576 e. The maximum absolute atomic E-state index is 6.59. The lowest BCUT2D eigenvalue weighted by Crippen LogP contribution is -2.69. The van der Waals surface area contributed by atoms with Crippen LogP contribution in [0, 0.1) is 59.2 Å². The Labute approximate surface area is 374 Å². The summed E-state index contributed by atoms with van der Waals surface area (Å²) >= 11 is 0. The summed E-state index contributed by atoms with van der Waals surface area (Å²) in [7, 11) is 0. The van der Waals surface area contributed by atoms with Gasteiger partial charge < -0.3 is 9.47 Å². The fourth-order valence-electron chi connectivity index (χ4n) is 15.8. The van der Waals surface area contributed by atoms with Gasteiger partial charge in [0.2, 0.25) is 0 Å². The number of hydrogen-bond acceptors (Lipinski definition) is 4. The van der Waals surface area contributed by atoms with Crippen molar-refractivity contribution in [2.45, 2.75) is 284 Å². The Balaban J connectivity index is 1.27. The summed E-state index contributed by atoms with van der Waals surface area (Å²) in [6, 6.07) is 4.76. The van der Waals surface area contributed by atoms with E-state index in [1.807, 2.05) is 0 Å². The monoisotopic (exact) mass is 835 g/mol. The molecule has 7 rings (SSSR count). The maximum atomic E-state index is 6.59. The van der Waals surface area contributed by atoms with Gasteiger partial charge in [-0.15, -0.1) is 0 Å². The van der Waals surface area contributed by atoms with E-state index < -0.39 is 0 Å². The summed E-state index contributed by atoms with van der Waals surface area (Å²) in [5, 5.41) is 0. The van der Waals surface area contributed by atoms with E-state index in [-0.39, 0.29) is 0 Å². The first-order chi connectivity index (χ1) is 29.2. The van der Waals surface area contributed by atoms with Gasteiger partial charge in [-0.2, -0.15) is 0 Å². The first kappa shape index (κ1) is 47.8. The van der Waals surface area contributed by atoms with E-state index in [9.17, 15) is 0 Å². The molecule has 0 N–H and O–H groups in total. The van der Waals surface area contributed by atoms with Gasteiger partial charge in [0.1, 0.15) is 0 Å². The topological polar surface area (TPSA) is 24.9 Å². The van der Waals surface area contributed by atoms with E-state index in [0.717, 1.165) is 109 Å². The molecule has 0 heterocycles. The summed E-state index contributed by atoms with van der Waals surface area (Å²) in [4.78, 5) is 6.93. The van der Waals surface area contributed by atoms with Crippen molar-refractivity contribution in [3.05, 3.63) is 0 Å². The van der Waals surface area contributed by atoms with Gasteiger partial charge >= 0.3 is 0 Å². The lowest BCUT2D eigenvalue weighted by atomic mass is 9.50. The molecule has 10 unspecified atom stereocenters. The van der Waals surface area contributed by atoms with Crippen LogP contribution in [0.15, 0.2) is 0 Å². The Morgan fingerprint density at radius 3 is 1.07 bits per heavy atom. The fourth-order valence-corrected chi connectivity index (χ4v) is 15.8. The molecule has 0 bridgehead atoms. The molecule has 7 fully saturated rings. The van der Waals surface area contributed by atoms with Crippen molar-refractivity contribution >= 4 is 0 Å². The molecule has 0 saturated heterocycles. The summed E-state index contributed by atoms with van der Waals surface area (Å²) in [6.07, 6.45) is 40.2. The quantitative estimate of drug-likeness (QED) is 0.128. The lowest BCUT2D eigenvalue weighted by molar-refractivity contribution is -0.164. The first-order valence-electron chi connectivity index (χ1n) is 28.0. The molecule has 348 valence electrons. The number of ether oxygens (including phenoxy) is 2. The lowest BCUT2D eigenvalue weighted by Gasteiger charge is -2.66. The van der Waals surface area contributed by atoms with Gasteiger partial charge in [-0.3, -0.25) is 9.80 Å². The Morgan fingerprint density at radius 1 is 0.417 bits per heavy atom. The molecule has 7 aliphatic rings. The highest BCUT2D eigenvalue weighted by Crippen LogP contribution is 2.59. The van der Waals surface area contributed by atoms with Crippen molar-refractivity contribution in [2.75, 3.05) is 13.2 Å². The molecule has 4 heteroatoms. The second-order valence-electron chi connectivity index (χ2n) is 23.6. The molecule has 60 heavy (non-hydrogen) atoms. The molecule has 10 atom stereocenters. The molecule has 7 saturated carbocycles. The molecule has 0 aromatic carbocycles. The Kier molecular flexibility index (Phi) is 18.6. The minimum absolute atomic E-state index is 0.506. The van der Waals surface area contributed by atoms with Crippen LogP contribution in [0.1, 0.15) is 235 Å². The normalized spacial score (nSPS) is 42.7. The van der Waals surface area contributed by atoms with E-state index in [0.29, 0.717) is 12.2 Å². The van der Waals surface area contributed by atoms with Gasteiger partial charge in [-0.25, -0.2) is 0 Å². The van der Waals surface area contributed by atoms with Gasteiger partial charge in [0, 0.05) is 49.5 Å². The highest BCUT2D eigenvalue weighted by atomic mass is 16.5. The van der Waals surface area contributed by atoms with Crippen molar-refractivity contribution in [2.24, 2.45) is 59.2 Å². The molecular formula is C56H102N2O2. The third-order valence-corrected chi connectivity index (χ3v) is 20.0. The molecule has 0 aromatic heterocycles. The first-order valence-corrected chi connectivity index (χ1v) is 28.0. The van der Waals surface area contributed by atoms with Crippen molar-refractivity contribution in [1.29, 1.82) is 0 Å². The highest BCUT2D eigenvalue weighted by Gasteiger charge is 2.59. The largest absolute Gasteiger partial charge is 0.378 e. The van der Waals surface area contributed by atoms with Crippen molar-refractivity contribution in [3.63, 3.8) is 0 Å². The summed E-state index contributed by atoms with van der Waals surface area (Å²) in [5.41, 5.74) is 0. The summed E-state index contributed by atoms with van der Waals surface area (Å²) in [5.74, 6) is 8.90. The van der Waals surface area contributed by atoms with Gasteiger partial charge in [0.05, 0.1) is 12.2 Å². The average molecular weight is 835 g/mol. The Hall–Kier alpha value is -0.160. The molecule has 0 aliphatic heterocycles. The third kappa shape index (κ3) is 11.4. The number of rotatable bonds is 18. The van der Waals surface area contributed by atoms with Crippen LogP contribution in [0.2, 0.25) is 0 Å². The summed E-state index contributed by atoms with van der Waals surface area (Å²) in [6.45, 7) is 22.0. The van der Waals surface area contributed by atoms with Gasteiger partial charge in [0.15, 0.2) is 0 Å². The predicted octanol–water partition coefficient (Wildman–Crippen LogP) is 14.9. The zero-order valence-corrected chi connectivity index (χ0v) is 41.3. The number of fused-ring (bicyclic) bond motifs is 2. The molecule has 0 radical (unpaired) electrons. The number of hydrogen-bond donors (Lipinski definition) is 0. The van der Waals surface area contributed by atoms with Crippen LogP contribution >= 0.6 is 0 Å². The van der Waals surface area contributed by atoms with E-state index in [1.165, 1.54) is 180 Å². The molecular weight excluding hydrogens is 733 g/mol. The van der Waals surface area contributed by atoms with Crippen LogP contribution < -0.4 is 0 Å². The van der Waals surface area contributed by atoms with Gasteiger partial charge in [-0.05, 0) is 213 Å². The summed E-state index contributed by atoms with van der Waals surface area (Å²) < 4.78 is 13.2. The van der Waals surface area contributed by atoms with Crippen LogP contribution in [-0.2, 0) is 9.47 Å². The molecule has 0 spiro atoms. The van der Waals surface area contributed by atoms with E-state index >= 15 is 0 Å². The Morgan fingerprint density at radius 2 is 0.750 bits per heavy atom. The number of nitrogens with zero attached hydrogens (tertiary/aromatic N) is 2. The molecule has 0 amide bonds. The van der Waals surface area contributed by atoms with Crippen molar-refractivity contribution in [1.82, 2.24) is 9.80 Å². The minimum atomic E-state index is 0.506. The fraction of sp³-hybridized carbons (Fsp3) is 1.00. The molecule has 7 aliphatic carbocycles. The zero-order chi connectivity index (χ0) is 42.2. The predicted molar refractivity (Wildman–Crippen MR) is 255 cm³/mol. The number of unbranched alkanes of at least 4 members (excludes halogenated alkanes) is 2. The standard InChI is InChI=1S/C56H102N2O2/c1-9-13-35-59-49-29-25-47(26-30-49)57(45-21-15-39(5)16-22-45)55-51-33-19-44(42(8)12-4)38-54(51)56(52-34-20-43(37-53(52)55)41(7)11-3)58(46-23-17-40(6)18-24-46)48-27-31-50(32-28-48)60-36-14-10-2/h39-56H,9-38H2,1-8H3. The minimum Gasteiger partial charge on any atom is -0.378 e. The smallest absolute Gasteiger partial charge is 0.0576 e. The van der Waals surface area contributed by atoms with E-state index in [2.05, 4.69) is 65.2 Å². The average Bonchev–Trinajstić information content (AvgIpc) is 3.28. The third-order valence-electron chi connectivity index (χ3n) is 20.0. The SMILES string of the molecule is CCCCOC1CCC(N(C2CCC(C)CC2)C2C3CCC(C(C)CC)CC3C(N(C3CCC(C)CC3)C3CCC(OCCCC)CC3)C3CCC(C(C)CC)CC32)CC1. The van der Waals surface area contributed by atoms with Crippen molar-refractivity contribution < 1.29 is 9.47 Å². The van der Waals surface area contributed by atoms with Crippen LogP contribution in [-0.4, -0.2) is 71.5 Å². The van der Waals surface area contributed by atoms with Crippen molar-refractivity contribution in [3.8, 4) is 0 Å². The van der Waals surface area contributed by atoms with E-state index in [1.54, 1.807) is 0 Å². The van der Waals surface area contributed by atoms with Crippen LogP contribution in [0.4, 0.5) is 0 Å². The molecule has 4 nitrogen and oxygen atoms in total. The van der Waals surface area contributed by atoms with E-state index in [4.69, 9.17) is 9.47 Å². The Bertz CT molecular complexity index is 1100. The second kappa shape index (κ2) is 23.3. The van der Waals surface area contributed by atoms with Crippen LogP contribution in [0.25, 0.3) is 0 Å². The van der Waals surface area contributed by atoms with Crippen LogP contribution in [0.3, 0.4) is 0 Å². The van der Waals surface area contributed by atoms with Crippen LogP contribution in [0.5, 0.6) is 0 Å². The highest BCUT2D eigenvalue weighted by molar-refractivity contribution is 5.12. The molecule has 0 aromatic rings. The van der Waals surface area contributed by atoms with Gasteiger partial charge in [-0.1, -0.05) is 81.1 Å². The zero-order valence-electron chi connectivity index (χ0n) is 41.3.